The third kappa shape index (κ3) is 4.62. The molecule has 2 aromatic heterocycles. The van der Waals surface area contributed by atoms with Crippen molar-refractivity contribution in [2.24, 2.45) is 0 Å². The molecule has 46 heavy (non-hydrogen) atoms. The number of nitrogens with one attached hydrogen (secondary N) is 2. The van der Waals surface area contributed by atoms with E-state index in [9.17, 15) is 17.6 Å². The van der Waals surface area contributed by atoms with Crippen LogP contribution in [-0.2, 0) is 6.18 Å². The van der Waals surface area contributed by atoms with E-state index < -0.39 is 46.2 Å². The van der Waals surface area contributed by atoms with Gasteiger partial charge in [0.15, 0.2) is 5.82 Å². The van der Waals surface area contributed by atoms with Crippen molar-refractivity contribution in [3.05, 3.63) is 40.6 Å². The minimum Gasteiger partial charge on any atom is -0.461 e. The third-order valence-electron chi connectivity index (χ3n) is 10.3. The number of rotatable bonds is 5. The van der Waals surface area contributed by atoms with E-state index in [1.54, 1.807) is 0 Å². The molecule has 2 N–H and O–H groups in total. The second kappa shape index (κ2) is 10.4. The maximum Gasteiger partial charge on any atom is 0.417 e. The van der Waals surface area contributed by atoms with Crippen molar-refractivity contribution in [1.29, 1.82) is 0 Å². The fourth-order valence-electron chi connectivity index (χ4n) is 8.39. The number of alkyl halides is 4. The van der Waals surface area contributed by atoms with Crippen LogP contribution in [0.2, 0.25) is 0 Å². The van der Waals surface area contributed by atoms with Crippen LogP contribution in [0.25, 0.3) is 32.9 Å². The van der Waals surface area contributed by atoms with Gasteiger partial charge in [-0.25, -0.2) is 13.2 Å². The van der Waals surface area contributed by atoms with Gasteiger partial charge in [-0.3, -0.25) is 10.00 Å². The Kier molecular flexibility index (Phi) is 6.74. The number of ether oxygens (including phenoxy) is 1. The van der Waals surface area contributed by atoms with Gasteiger partial charge in [-0.05, 0) is 63.8 Å². The minimum absolute atomic E-state index is 0.0260. The van der Waals surface area contributed by atoms with Gasteiger partial charge in [0.05, 0.1) is 22.2 Å². The number of aryl methyl sites for hydroxylation is 2. The molecule has 0 saturated carbocycles. The molecule has 4 fully saturated rings. The molecule has 14 heteroatoms. The van der Waals surface area contributed by atoms with E-state index in [0.717, 1.165) is 38.3 Å². The van der Waals surface area contributed by atoms with Crippen LogP contribution in [0.4, 0.5) is 32.2 Å². The van der Waals surface area contributed by atoms with Crippen molar-refractivity contribution in [3.8, 4) is 17.1 Å². The maximum atomic E-state index is 16.9. The maximum absolute atomic E-state index is 16.9. The lowest BCUT2D eigenvalue weighted by atomic mass is 9.90. The molecule has 0 amide bonds. The molecule has 6 heterocycles. The van der Waals surface area contributed by atoms with E-state index in [0.29, 0.717) is 26.1 Å². The number of H-pyrrole nitrogens is 1. The molecular weight excluding hydrogens is 612 g/mol. The fraction of sp³-hybridized carbons (Fsp3) is 0.531. The highest BCUT2D eigenvalue weighted by molar-refractivity contribution is 6.02. The Morgan fingerprint density at radius 1 is 1.04 bits per heavy atom. The van der Waals surface area contributed by atoms with Gasteiger partial charge in [-0.2, -0.15) is 28.2 Å². The van der Waals surface area contributed by atoms with E-state index in [1.165, 1.54) is 19.9 Å². The molecule has 2 aromatic carbocycles. The first-order chi connectivity index (χ1) is 21.9. The number of hydrogen-bond donors (Lipinski definition) is 2. The number of nitrogens with zero attached hydrogens (tertiary/aromatic N) is 5. The van der Waals surface area contributed by atoms with Crippen LogP contribution in [-0.4, -0.2) is 81.6 Å². The van der Waals surface area contributed by atoms with E-state index >= 15 is 8.78 Å². The number of benzene rings is 2. The normalized spacial score (nSPS) is 26.5. The molecule has 4 aliphatic heterocycles. The zero-order valence-electron chi connectivity index (χ0n) is 25.4. The number of piperazine rings is 1. The van der Waals surface area contributed by atoms with Crippen LogP contribution in [0.3, 0.4) is 0 Å². The number of aromatic nitrogens is 4. The number of anilines is 1. The lowest BCUT2D eigenvalue weighted by Gasteiger charge is -2.34. The number of aromatic amines is 1. The summed E-state index contributed by atoms with van der Waals surface area (Å²) in [5.74, 6) is -2.16. The predicted molar refractivity (Wildman–Crippen MR) is 160 cm³/mol. The van der Waals surface area contributed by atoms with Crippen molar-refractivity contribution >= 4 is 27.6 Å². The van der Waals surface area contributed by atoms with Gasteiger partial charge >= 0.3 is 12.2 Å². The first-order valence-corrected chi connectivity index (χ1v) is 15.7. The highest BCUT2D eigenvalue weighted by Crippen LogP contribution is 2.47. The Balaban J connectivity index is 1.33. The van der Waals surface area contributed by atoms with E-state index in [2.05, 4.69) is 30.4 Å². The first-order valence-electron chi connectivity index (χ1n) is 15.7. The Hall–Kier alpha value is -3.65. The van der Waals surface area contributed by atoms with Gasteiger partial charge in [0.1, 0.15) is 29.9 Å². The van der Waals surface area contributed by atoms with E-state index in [1.807, 2.05) is 4.90 Å². The highest BCUT2D eigenvalue weighted by Gasteiger charge is 2.49. The van der Waals surface area contributed by atoms with Crippen LogP contribution in [0.15, 0.2) is 12.1 Å². The van der Waals surface area contributed by atoms with Gasteiger partial charge in [0.25, 0.3) is 0 Å². The van der Waals surface area contributed by atoms with Crippen LogP contribution in [0.1, 0.15) is 48.9 Å². The molecule has 4 aromatic rings. The molecule has 244 valence electrons. The fourth-order valence-corrected chi connectivity index (χ4v) is 8.39. The van der Waals surface area contributed by atoms with Crippen molar-refractivity contribution in [1.82, 2.24) is 30.4 Å². The summed E-state index contributed by atoms with van der Waals surface area (Å²) >= 11 is 0. The molecule has 8 nitrogen and oxygen atoms in total. The lowest BCUT2D eigenvalue weighted by molar-refractivity contribution is -0.137. The summed E-state index contributed by atoms with van der Waals surface area (Å²) in [6, 6.07) is 2.42. The monoisotopic (exact) mass is 645 g/mol. The molecule has 4 atom stereocenters. The molecule has 2 bridgehead atoms. The van der Waals surface area contributed by atoms with Crippen LogP contribution >= 0.6 is 0 Å². The SMILES string of the molecule is Cc1cc2n[nH]c(C)c2c(-c2c(F)cc3c(N4C[C@H]5CC[C@@H](C4)N5)nc(OC[C@@]45CCCN4C[C@H](F)C5)nc3c2F)c1C(F)(F)F. The summed E-state index contributed by atoms with van der Waals surface area (Å²) in [6.07, 6.45) is -2.11. The zero-order chi connectivity index (χ0) is 32.1. The van der Waals surface area contributed by atoms with Gasteiger partial charge in [-0.15, -0.1) is 0 Å². The van der Waals surface area contributed by atoms with E-state index in [-0.39, 0.29) is 63.6 Å². The third-order valence-corrected chi connectivity index (χ3v) is 10.3. The van der Waals surface area contributed by atoms with Gasteiger partial charge in [-0.1, -0.05) is 0 Å². The summed E-state index contributed by atoms with van der Waals surface area (Å²) in [6.45, 7) is 4.94. The van der Waals surface area contributed by atoms with Crippen molar-refractivity contribution in [3.63, 3.8) is 0 Å². The van der Waals surface area contributed by atoms with Crippen molar-refractivity contribution < 1.29 is 31.1 Å². The predicted octanol–water partition coefficient (Wildman–Crippen LogP) is 5.98. The van der Waals surface area contributed by atoms with Crippen molar-refractivity contribution in [2.75, 3.05) is 37.7 Å². The molecule has 0 radical (unpaired) electrons. The average molecular weight is 646 g/mol. The quantitative estimate of drug-likeness (QED) is 0.259. The summed E-state index contributed by atoms with van der Waals surface area (Å²) in [4.78, 5) is 13.0. The molecule has 0 unspecified atom stereocenters. The molecule has 0 spiro atoms. The molecule has 4 aliphatic rings. The van der Waals surface area contributed by atoms with Gasteiger partial charge in [0.2, 0.25) is 0 Å². The molecule has 4 saturated heterocycles. The number of hydrogen-bond acceptors (Lipinski definition) is 7. The lowest BCUT2D eigenvalue weighted by Crippen LogP contribution is -2.51. The Morgan fingerprint density at radius 2 is 1.80 bits per heavy atom. The standard InChI is InChI=1S/C32H33F6N7O/c1-15-8-22-23(16(2)42-43-22)25(26(15)32(36,37)38)24-21(34)9-20-28(27(24)35)40-30(41-29(20)44-12-18-4-5-19(13-44)39-18)46-14-31-6-3-7-45(31)11-17(33)10-31/h8-9,17-19,39H,3-7,10-14H2,1-2H3,(H,42,43)/t17-,18-,19+,31+/m1/s1. The van der Waals surface area contributed by atoms with Gasteiger partial charge < -0.3 is 15.0 Å². The summed E-state index contributed by atoms with van der Waals surface area (Å²) in [5, 5.41) is 10.3. The minimum atomic E-state index is -4.92. The summed E-state index contributed by atoms with van der Waals surface area (Å²) < 4.78 is 97.6. The summed E-state index contributed by atoms with van der Waals surface area (Å²) in [7, 11) is 0. The Labute approximate surface area is 260 Å². The highest BCUT2D eigenvalue weighted by atomic mass is 19.4. The smallest absolute Gasteiger partial charge is 0.417 e. The number of fused-ring (bicyclic) bond motifs is 5. The average Bonchev–Trinajstić information content (AvgIpc) is 3.73. The second-order valence-electron chi connectivity index (χ2n) is 13.4. The zero-order valence-corrected chi connectivity index (χ0v) is 25.4. The number of halogens is 6. The van der Waals surface area contributed by atoms with Crippen LogP contribution in [0, 0.1) is 25.5 Å². The Morgan fingerprint density at radius 3 is 2.54 bits per heavy atom. The summed E-state index contributed by atoms with van der Waals surface area (Å²) in [5.41, 5.74) is -3.32. The second-order valence-corrected chi connectivity index (χ2v) is 13.4. The van der Waals surface area contributed by atoms with Crippen LogP contribution < -0.4 is 15.0 Å². The molecule has 8 rings (SSSR count). The molecule has 0 aliphatic carbocycles. The topological polar surface area (TPSA) is 82.2 Å². The molecular formula is C32H33F6N7O. The largest absolute Gasteiger partial charge is 0.461 e. The van der Waals surface area contributed by atoms with E-state index in [4.69, 9.17) is 4.74 Å². The first kappa shape index (κ1) is 29.7. The van der Waals surface area contributed by atoms with Gasteiger partial charge in [0, 0.05) is 60.2 Å². The van der Waals surface area contributed by atoms with Crippen LogP contribution in [0.5, 0.6) is 6.01 Å². The van der Waals surface area contributed by atoms with Crippen molar-refractivity contribution in [2.45, 2.75) is 75.9 Å². The Bertz CT molecular complexity index is 1870.